The van der Waals surface area contributed by atoms with Gasteiger partial charge in [-0.05, 0) is 31.6 Å². The Balaban J connectivity index is 2.32. The lowest BCUT2D eigenvalue weighted by molar-refractivity contribution is -0.147. The Morgan fingerprint density at radius 3 is 2.63 bits per heavy atom. The average molecular weight is 266 g/mol. The van der Waals surface area contributed by atoms with Gasteiger partial charge in [-0.15, -0.1) is 0 Å². The largest absolute Gasteiger partial charge is 0.478 e. The monoisotopic (exact) mass is 266 g/mol. The van der Waals surface area contributed by atoms with E-state index in [2.05, 4.69) is 13.2 Å². The Kier molecular flexibility index (Phi) is 3.58. The van der Waals surface area contributed by atoms with Crippen molar-refractivity contribution in [2.45, 2.75) is 44.8 Å². The highest BCUT2D eigenvalue weighted by Crippen LogP contribution is 2.54. The Morgan fingerprint density at radius 1 is 1.42 bits per heavy atom. The molecule has 2 aliphatic carbocycles. The molecule has 2 aliphatic rings. The van der Waals surface area contributed by atoms with Gasteiger partial charge in [-0.1, -0.05) is 25.7 Å². The van der Waals surface area contributed by atoms with E-state index in [1.165, 1.54) is 0 Å². The van der Waals surface area contributed by atoms with Crippen LogP contribution in [0.25, 0.3) is 0 Å². The van der Waals surface area contributed by atoms with Crippen molar-refractivity contribution >= 4 is 5.97 Å². The number of hydrogen-bond donors (Lipinski definition) is 3. The van der Waals surface area contributed by atoms with Gasteiger partial charge in [-0.3, -0.25) is 0 Å². The molecule has 0 aliphatic heterocycles. The van der Waals surface area contributed by atoms with Gasteiger partial charge >= 0.3 is 5.97 Å². The minimum atomic E-state index is -1.11. The lowest BCUT2D eigenvalue weighted by Gasteiger charge is -2.53. The summed E-state index contributed by atoms with van der Waals surface area (Å²) >= 11 is 0. The predicted octanol–water partition coefficient (Wildman–Crippen LogP) is 1.73. The maximum atomic E-state index is 11.1. The summed E-state index contributed by atoms with van der Waals surface area (Å²) in [4.78, 5) is 11.1. The maximum absolute atomic E-state index is 11.1. The third-order valence-electron chi connectivity index (χ3n) is 5.13. The normalized spacial score (nSPS) is 42.6. The fourth-order valence-corrected chi connectivity index (χ4v) is 3.81. The zero-order valence-corrected chi connectivity index (χ0v) is 11.3. The number of carboxylic acids is 1. The molecule has 0 unspecified atom stereocenters. The molecular weight excluding hydrogens is 244 g/mol. The summed E-state index contributed by atoms with van der Waals surface area (Å²) < 4.78 is 0. The molecule has 4 heteroatoms. The number of allylic oxidation sites excluding steroid dienone is 1. The first-order chi connectivity index (χ1) is 8.79. The average Bonchev–Trinajstić information content (AvgIpc) is 2.35. The van der Waals surface area contributed by atoms with Crippen molar-refractivity contribution in [3.63, 3.8) is 0 Å². The van der Waals surface area contributed by atoms with Crippen LogP contribution < -0.4 is 0 Å². The number of aliphatic hydroxyl groups is 2. The third-order valence-corrected chi connectivity index (χ3v) is 5.13. The standard InChI is InChI=1S/C15H22O4/c1-8-5-4-6-15(3)11(8)7-10(9(2)14(18)19)12(16)13(15)17/h10-13,16-17H,1-2,4-7H2,3H3,(H,18,19)/t10-,11-,12-,13-,15-/m0/s1. The molecule has 0 saturated heterocycles. The van der Waals surface area contributed by atoms with Crippen molar-refractivity contribution in [2.24, 2.45) is 17.3 Å². The molecule has 5 atom stereocenters. The summed E-state index contributed by atoms with van der Waals surface area (Å²) in [6, 6.07) is 0. The molecule has 2 rings (SSSR count). The van der Waals surface area contributed by atoms with Crippen molar-refractivity contribution < 1.29 is 20.1 Å². The second kappa shape index (κ2) is 4.76. The fourth-order valence-electron chi connectivity index (χ4n) is 3.81. The van der Waals surface area contributed by atoms with Crippen LogP contribution >= 0.6 is 0 Å². The van der Waals surface area contributed by atoms with E-state index in [9.17, 15) is 15.0 Å². The van der Waals surface area contributed by atoms with Gasteiger partial charge in [-0.25, -0.2) is 4.79 Å². The molecule has 0 radical (unpaired) electrons. The predicted molar refractivity (Wildman–Crippen MR) is 71.5 cm³/mol. The summed E-state index contributed by atoms with van der Waals surface area (Å²) in [6.45, 7) is 9.59. The van der Waals surface area contributed by atoms with Gasteiger partial charge in [0.05, 0.1) is 12.2 Å². The molecule has 2 fully saturated rings. The smallest absolute Gasteiger partial charge is 0.331 e. The third kappa shape index (κ3) is 2.13. The SMILES string of the molecule is C=C(C(=O)O)[C@@H]1C[C@H]2C(=C)CCC[C@]2(C)[C@@H](O)[C@H]1O. The van der Waals surface area contributed by atoms with Gasteiger partial charge in [-0.2, -0.15) is 0 Å². The van der Waals surface area contributed by atoms with Gasteiger partial charge in [0, 0.05) is 16.9 Å². The molecule has 0 spiro atoms. The second-order valence-corrected chi connectivity index (χ2v) is 6.18. The van der Waals surface area contributed by atoms with E-state index in [1.807, 2.05) is 6.92 Å². The molecule has 3 N–H and O–H groups in total. The Bertz CT molecular complexity index is 428. The van der Waals surface area contributed by atoms with Gasteiger partial charge < -0.3 is 15.3 Å². The number of carbonyl (C=O) groups is 1. The minimum Gasteiger partial charge on any atom is -0.478 e. The van der Waals surface area contributed by atoms with Crippen molar-refractivity contribution in [3.05, 3.63) is 24.3 Å². The summed E-state index contributed by atoms with van der Waals surface area (Å²) in [5, 5.41) is 29.7. The van der Waals surface area contributed by atoms with Crippen molar-refractivity contribution in [3.8, 4) is 0 Å². The van der Waals surface area contributed by atoms with E-state index >= 15 is 0 Å². The summed E-state index contributed by atoms with van der Waals surface area (Å²) in [7, 11) is 0. The van der Waals surface area contributed by atoms with Gasteiger partial charge in [0.15, 0.2) is 0 Å². The first-order valence-electron chi connectivity index (χ1n) is 6.75. The molecule has 0 amide bonds. The first-order valence-corrected chi connectivity index (χ1v) is 6.75. The lowest BCUT2D eigenvalue weighted by Crippen LogP contribution is -2.56. The van der Waals surface area contributed by atoms with E-state index in [4.69, 9.17) is 5.11 Å². The molecule has 0 bridgehead atoms. The van der Waals surface area contributed by atoms with Gasteiger partial charge in [0.2, 0.25) is 0 Å². The maximum Gasteiger partial charge on any atom is 0.331 e. The molecule has 4 nitrogen and oxygen atoms in total. The van der Waals surface area contributed by atoms with Crippen LogP contribution in [-0.2, 0) is 4.79 Å². The zero-order valence-electron chi connectivity index (χ0n) is 11.3. The molecule has 0 aromatic heterocycles. The van der Waals surface area contributed by atoms with Crippen LogP contribution in [0.2, 0.25) is 0 Å². The molecule has 0 aromatic carbocycles. The summed E-state index contributed by atoms with van der Waals surface area (Å²) in [6.07, 6.45) is 1.23. The highest BCUT2D eigenvalue weighted by Gasteiger charge is 2.53. The highest BCUT2D eigenvalue weighted by molar-refractivity contribution is 5.86. The van der Waals surface area contributed by atoms with Crippen LogP contribution in [0, 0.1) is 17.3 Å². The number of rotatable bonds is 2. The van der Waals surface area contributed by atoms with Gasteiger partial charge in [0.25, 0.3) is 0 Å². The number of fused-ring (bicyclic) bond motifs is 1. The number of hydrogen-bond acceptors (Lipinski definition) is 3. The zero-order chi connectivity index (χ0) is 14.4. The first kappa shape index (κ1) is 14.3. The quantitative estimate of drug-likeness (QED) is 0.525. The Morgan fingerprint density at radius 2 is 2.05 bits per heavy atom. The molecule has 2 saturated carbocycles. The Labute approximate surface area is 113 Å². The highest BCUT2D eigenvalue weighted by atomic mass is 16.4. The van der Waals surface area contributed by atoms with Crippen LogP contribution in [0.15, 0.2) is 24.3 Å². The number of carboxylic acid groups (broad SMARTS) is 1. The van der Waals surface area contributed by atoms with Crippen LogP contribution in [0.4, 0.5) is 0 Å². The molecule has 0 heterocycles. The van der Waals surface area contributed by atoms with Crippen molar-refractivity contribution in [1.29, 1.82) is 0 Å². The van der Waals surface area contributed by atoms with Gasteiger partial charge in [0.1, 0.15) is 0 Å². The minimum absolute atomic E-state index is 0.0213. The van der Waals surface area contributed by atoms with Crippen LogP contribution in [0.5, 0.6) is 0 Å². The molecule has 106 valence electrons. The van der Waals surface area contributed by atoms with E-state index in [0.29, 0.717) is 6.42 Å². The topological polar surface area (TPSA) is 77.8 Å². The Hall–Kier alpha value is -1.13. The van der Waals surface area contributed by atoms with E-state index in [0.717, 1.165) is 24.8 Å². The van der Waals surface area contributed by atoms with E-state index in [1.54, 1.807) is 0 Å². The lowest BCUT2D eigenvalue weighted by atomic mass is 9.54. The number of aliphatic carboxylic acids is 1. The van der Waals surface area contributed by atoms with Crippen LogP contribution in [-0.4, -0.2) is 33.5 Å². The summed E-state index contributed by atoms with van der Waals surface area (Å²) in [5.41, 5.74) is 0.638. The van der Waals surface area contributed by atoms with Crippen molar-refractivity contribution in [1.82, 2.24) is 0 Å². The molecule has 19 heavy (non-hydrogen) atoms. The fraction of sp³-hybridized carbons (Fsp3) is 0.667. The van der Waals surface area contributed by atoms with E-state index < -0.39 is 29.5 Å². The van der Waals surface area contributed by atoms with Crippen molar-refractivity contribution in [2.75, 3.05) is 0 Å². The second-order valence-electron chi connectivity index (χ2n) is 6.18. The number of aliphatic hydroxyl groups excluding tert-OH is 2. The van der Waals surface area contributed by atoms with Crippen LogP contribution in [0.1, 0.15) is 32.6 Å². The van der Waals surface area contributed by atoms with Crippen LogP contribution in [0.3, 0.4) is 0 Å². The summed E-state index contributed by atoms with van der Waals surface area (Å²) in [5.74, 6) is -1.65. The molecular formula is C15H22O4. The molecule has 0 aromatic rings. The van der Waals surface area contributed by atoms with E-state index in [-0.39, 0.29) is 11.5 Å².